The van der Waals surface area contributed by atoms with Crippen LogP contribution in [0.3, 0.4) is 0 Å². The maximum atomic E-state index is 12.3. The Labute approximate surface area is 160 Å². The van der Waals surface area contributed by atoms with Crippen LogP contribution in [0.5, 0.6) is 0 Å². The van der Waals surface area contributed by atoms with Gasteiger partial charge in [0.05, 0.1) is 20.5 Å². The Hall–Kier alpha value is -2.53. The number of hydrogen-bond donors (Lipinski definition) is 3. The molecule has 2 aromatic rings. The predicted molar refractivity (Wildman–Crippen MR) is 99.6 cm³/mol. The van der Waals surface area contributed by atoms with E-state index in [1.54, 1.807) is 24.4 Å². The van der Waals surface area contributed by atoms with Crippen LogP contribution in [0.1, 0.15) is 12.5 Å². The van der Waals surface area contributed by atoms with Crippen molar-refractivity contribution in [3.8, 4) is 0 Å². The molecular formula is C16H18ClN4O5S+. The molecule has 0 heterocycles. The van der Waals surface area contributed by atoms with Gasteiger partial charge < -0.3 is 10.6 Å². The number of amides is 1. The van der Waals surface area contributed by atoms with Crippen LogP contribution in [-0.4, -0.2) is 25.3 Å². The molecule has 0 aliphatic rings. The molecule has 1 amide bonds. The molecule has 0 aliphatic carbocycles. The number of non-ortho nitro benzene ring substituents is 1. The first-order chi connectivity index (χ1) is 12.6. The van der Waals surface area contributed by atoms with Crippen LogP contribution in [0, 0.1) is 10.1 Å². The number of rotatable bonds is 7. The van der Waals surface area contributed by atoms with Gasteiger partial charge in [-0.2, -0.15) is 0 Å². The summed E-state index contributed by atoms with van der Waals surface area (Å²) >= 11 is 5.97. The zero-order chi connectivity index (χ0) is 20.2. The molecule has 0 unspecified atom stereocenters. The highest BCUT2D eigenvalue weighted by Gasteiger charge is 2.19. The van der Waals surface area contributed by atoms with Crippen molar-refractivity contribution in [2.75, 3.05) is 5.32 Å². The molecule has 0 fully saturated rings. The number of nitrogens with zero attached hydrogens (tertiary/aromatic N) is 1. The molecule has 0 bridgehead atoms. The summed E-state index contributed by atoms with van der Waals surface area (Å²) in [5, 5.41) is 20.4. The minimum atomic E-state index is -3.75. The Bertz CT molecular complexity index is 963. The van der Waals surface area contributed by atoms with Crippen LogP contribution >= 0.6 is 11.6 Å². The molecule has 0 aromatic heterocycles. The van der Waals surface area contributed by atoms with Crippen LogP contribution in [0.15, 0.2) is 47.4 Å². The number of quaternary nitrogens is 1. The number of nitrogens with one attached hydrogen (secondary N) is 1. The van der Waals surface area contributed by atoms with E-state index in [-0.39, 0.29) is 27.2 Å². The molecule has 0 radical (unpaired) electrons. The number of nitrogens with two attached hydrogens (primary N) is 2. The largest absolute Gasteiger partial charge is 0.333 e. The molecule has 0 saturated carbocycles. The lowest BCUT2D eigenvalue weighted by Crippen LogP contribution is -2.90. The van der Waals surface area contributed by atoms with E-state index in [0.29, 0.717) is 6.54 Å². The summed E-state index contributed by atoms with van der Waals surface area (Å²) < 4.78 is 22.5. The highest BCUT2D eigenvalue weighted by Crippen LogP contribution is 2.26. The number of hydrogen-bond acceptors (Lipinski definition) is 5. The molecule has 0 saturated heterocycles. The van der Waals surface area contributed by atoms with E-state index < -0.39 is 21.0 Å². The molecular weight excluding hydrogens is 396 g/mol. The van der Waals surface area contributed by atoms with Crippen molar-refractivity contribution < 1.29 is 23.5 Å². The number of carbonyl (C=O) groups is 1. The van der Waals surface area contributed by atoms with Gasteiger partial charge in [0.2, 0.25) is 10.0 Å². The first kappa shape index (κ1) is 20.8. The molecule has 0 aliphatic heterocycles. The lowest BCUT2D eigenvalue weighted by atomic mass is 10.2. The number of halogens is 1. The molecule has 2 aromatic carbocycles. The van der Waals surface area contributed by atoms with Gasteiger partial charge in [0.15, 0.2) is 6.04 Å². The second kappa shape index (κ2) is 8.44. The van der Waals surface area contributed by atoms with Crippen LogP contribution in [0.2, 0.25) is 5.02 Å². The van der Waals surface area contributed by atoms with Crippen molar-refractivity contribution in [2.45, 2.75) is 24.4 Å². The maximum Gasteiger partial charge on any atom is 0.282 e. The van der Waals surface area contributed by atoms with Gasteiger partial charge in [-0.05, 0) is 25.1 Å². The molecule has 2 rings (SSSR count). The van der Waals surface area contributed by atoms with E-state index in [0.717, 1.165) is 5.56 Å². The standard InChI is InChI=1S/C16H17ClN4O5S/c1-10(19-9-11-2-5-13(6-3-11)27(18,25)26)16(22)20-15-8-12(21(23)24)4-7-14(15)17/h2-8,10,19H,9H2,1H3,(H,20,22)(H2,18,25,26)/p+1/t10-/m0/s1. The number of nitro benzene ring substituents is 1. The van der Waals surface area contributed by atoms with Gasteiger partial charge in [-0.3, -0.25) is 14.9 Å². The normalized spacial score (nSPS) is 12.4. The summed E-state index contributed by atoms with van der Waals surface area (Å²) in [6.07, 6.45) is 0. The lowest BCUT2D eigenvalue weighted by Gasteiger charge is -2.12. The van der Waals surface area contributed by atoms with E-state index in [4.69, 9.17) is 16.7 Å². The second-order valence-corrected chi connectivity index (χ2v) is 7.80. The van der Waals surface area contributed by atoms with E-state index >= 15 is 0 Å². The van der Waals surface area contributed by atoms with E-state index in [1.807, 2.05) is 0 Å². The Morgan fingerprint density at radius 1 is 1.30 bits per heavy atom. The fourth-order valence-electron chi connectivity index (χ4n) is 2.20. The van der Waals surface area contributed by atoms with Gasteiger partial charge in [-0.15, -0.1) is 0 Å². The Balaban J connectivity index is 1.98. The molecule has 0 spiro atoms. The number of primary sulfonamides is 1. The predicted octanol–water partition coefficient (Wildman–Crippen LogP) is 0.986. The topological polar surface area (TPSA) is 149 Å². The SMILES string of the molecule is C[C@H]([NH2+]Cc1ccc(S(N)(=O)=O)cc1)C(=O)Nc1cc([N+](=O)[O-])ccc1Cl. The van der Waals surface area contributed by atoms with Crippen LogP contribution in [0.25, 0.3) is 0 Å². The van der Waals surface area contributed by atoms with Gasteiger partial charge >= 0.3 is 0 Å². The van der Waals surface area contributed by atoms with Crippen molar-refractivity contribution >= 4 is 38.9 Å². The first-order valence-corrected chi connectivity index (χ1v) is 9.70. The molecule has 5 N–H and O–H groups in total. The lowest BCUT2D eigenvalue weighted by molar-refractivity contribution is -0.688. The molecule has 27 heavy (non-hydrogen) atoms. The zero-order valence-electron chi connectivity index (χ0n) is 14.3. The Morgan fingerprint density at radius 2 is 1.93 bits per heavy atom. The van der Waals surface area contributed by atoms with Gasteiger partial charge in [-0.1, -0.05) is 23.7 Å². The third-order valence-electron chi connectivity index (χ3n) is 3.79. The number of sulfonamides is 1. The first-order valence-electron chi connectivity index (χ1n) is 7.78. The summed E-state index contributed by atoms with van der Waals surface area (Å²) in [5.74, 6) is -0.376. The van der Waals surface area contributed by atoms with Gasteiger partial charge in [0.25, 0.3) is 11.6 Å². The molecule has 144 valence electrons. The summed E-state index contributed by atoms with van der Waals surface area (Å²) in [7, 11) is -3.75. The number of benzene rings is 2. The van der Waals surface area contributed by atoms with Gasteiger partial charge in [0, 0.05) is 17.7 Å². The fourth-order valence-corrected chi connectivity index (χ4v) is 2.88. The number of nitro groups is 1. The van der Waals surface area contributed by atoms with E-state index in [2.05, 4.69) is 5.32 Å². The minimum Gasteiger partial charge on any atom is -0.333 e. The quantitative estimate of drug-likeness (QED) is 0.457. The number of anilines is 1. The summed E-state index contributed by atoms with van der Waals surface area (Å²) in [6.45, 7) is 2.08. The van der Waals surface area contributed by atoms with Crippen LogP contribution in [0.4, 0.5) is 11.4 Å². The minimum absolute atomic E-state index is 0.0114. The van der Waals surface area contributed by atoms with Gasteiger partial charge in [0.1, 0.15) is 6.54 Å². The molecule has 11 heteroatoms. The average molecular weight is 414 g/mol. The summed E-state index contributed by atoms with van der Waals surface area (Å²) in [5.41, 5.74) is 0.783. The zero-order valence-corrected chi connectivity index (χ0v) is 15.8. The van der Waals surface area contributed by atoms with Crippen LogP contribution < -0.4 is 15.8 Å². The maximum absolute atomic E-state index is 12.3. The third-order valence-corrected chi connectivity index (χ3v) is 5.05. The van der Waals surface area contributed by atoms with Crippen molar-refractivity contribution in [3.05, 3.63) is 63.2 Å². The molecule has 9 nitrogen and oxygen atoms in total. The summed E-state index contributed by atoms with van der Waals surface area (Å²) in [6, 6.07) is 9.28. The third kappa shape index (κ3) is 5.73. The van der Waals surface area contributed by atoms with E-state index in [1.165, 1.54) is 30.3 Å². The second-order valence-electron chi connectivity index (χ2n) is 5.83. The van der Waals surface area contributed by atoms with Crippen molar-refractivity contribution in [2.24, 2.45) is 5.14 Å². The van der Waals surface area contributed by atoms with E-state index in [9.17, 15) is 23.3 Å². The van der Waals surface area contributed by atoms with Gasteiger partial charge in [-0.25, -0.2) is 13.6 Å². The average Bonchev–Trinajstić information content (AvgIpc) is 2.60. The fraction of sp³-hybridized carbons (Fsp3) is 0.188. The molecule has 1 atom stereocenters. The Morgan fingerprint density at radius 3 is 2.48 bits per heavy atom. The van der Waals surface area contributed by atoms with Crippen molar-refractivity contribution in [3.63, 3.8) is 0 Å². The number of carbonyl (C=O) groups excluding carboxylic acids is 1. The highest BCUT2D eigenvalue weighted by atomic mass is 35.5. The Kier molecular flexibility index (Phi) is 6.50. The highest BCUT2D eigenvalue weighted by molar-refractivity contribution is 7.89. The smallest absolute Gasteiger partial charge is 0.282 e. The summed E-state index contributed by atoms with van der Waals surface area (Å²) in [4.78, 5) is 22.5. The van der Waals surface area contributed by atoms with Crippen molar-refractivity contribution in [1.29, 1.82) is 0 Å². The monoisotopic (exact) mass is 413 g/mol. The van der Waals surface area contributed by atoms with Crippen molar-refractivity contribution in [1.82, 2.24) is 0 Å². The van der Waals surface area contributed by atoms with Crippen LogP contribution in [-0.2, 0) is 21.4 Å².